The Morgan fingerprint density at radius 1 is 1.12 bits per heavy atom. The molecule has 1 saturated carbocycles. The molecule has 33 heavy (non-hydrogen) atoms. The fourth-order valence-corrected chi connectivity index (χ4v) is 4.99. The van der Waals surface area contributed by atoms with Crippen LogP contribution in [-0.2, 0) is 6.54 Å². The van der Waals surface area contributed by atoms with Gasteiger partial charge in [0, 0.05) is 39.3 Å². The van der Waals surface area contributed by atoms with Crippen LogP contribution in [0.3, 0.4) is 0 Å². The highest BCUT2D eigenvalue weighted by molar-refractivity contribution is 5.51. The number of nitrogens with zero attached hydrogens (tertiary/aromatic N) is 4. The molecule has 178 valence electrons. The van der Waals surface area contributed by atoms with E-state index < -0.39 is 0 Å². The predicted octanol–water partition coefficient (Wildman–Crippen LogP) is 5.51. The van der Waals surface area contributed by atoms with Crippen molar-refractivity contribution in [1.29, 1.82) is 0 Å². The Hall–Kier alpha value is -2.47. The van der Waals surface area contributed by atoms with Crippen LogP contribution >= 0.6 is 0 Å². The molecule has 4 rings (SSSR count). The van der Waals surface area contributed by atoms with Crippen molar-refractivity contribution >= 4 is 11.6 Å². The lowest BCUT2D eigenvalue weighted by molar-refractivity contribution is 0.285. The van der Waals surface area contributed by atoms with Gasteiger partial charge in [0.05, 0.1) is 0 Å². The molecule has 6 heteroatoms. The van der Waals surface area contributed by atoms with E-state index >= 15 is 4.39 Å². The molecular weight excluding hydrogens is 413 g/mol. The zero-order chi connectivity index (χ0) is 23.0. The zero-order valence-electron chi connectivity index (χ0n) is 20.1. The molecule has 2 heterocycles. The van der Waals surface area contributed by atoms with Crippen LogP contribution in [0.4, 0.5) is 16.0 Å². The molecule has 1 aromatic carbocycles. The van der Waals surface area contributed by atoms with E-state index in [2.05, 4.69) is 75.3 Å². The topological polar surface area (TPSA) is 44.3 Å². The number of nitrogens with one attached hydrogen (secondary N) is 1. The Morgan fingerprint density at radius 2 is 1.91 bits per heavy atom. The first-order valence-electron chi connectivity index (χ1n) is 12.6. The molecule has 1 fully saturated rings. The van der Waals surface area contributed by atoms with E-state index in [0.29, 0.717) is 24.1 Å². The molecule has 1 aliphatic carbocycles. The van der Waals surface area contributed by atoms with Crippen molar-refractivity contribution in [2.45, 2.75) is 52.5 Å². The summed E-state index contributed by atoms with van der Waals surface area (Å²) in [5, 5.41) is 3.24. The predicted molar refractivity (Wildman–Crippen MR) is 134 cm³/mol. The third-order valence-corrected chi connectivity index (χ3v) is 7.19. The Morgan fingerprint density at radius 3 is 2.61 bits per heavy atom. The molecular formula is C27H38FN5. The van der Waals surface area contributed by atoms with Crippen LogP contribution in [-0.4, -0.2) is 47.6 Å². The highest BCUT2D eigenvalue weighted by Gasteiger charge is 2.23. The number of hydrogen-bond donors (Lipinski definition) is 1. The standard InChI is InChI=1S/C27H38FN5/c1-3-33(19-24-11-9-21(2)10-12-24)27-25(28)26(30-20-31-27)29-17-22-13-15-32(16-14-22)18-23-7-5-4-6-8-23/h4-8,13,20-21,24H,3,9-12,14-19H2,1-2H3,(H,29,30,31)/t21-,24-. The van der Waals surface area contributed by atoms with E-state index in [1.165, 1.54) is 43.1 Å². The number of rotatable bonds is 9. The Labute approximate surface area is 198 Å². The first-order chi connectivity index (χ1) is 16.1. The highest BCUT2D eigenvalue weighted by Crippen LogP contribution is 2.31. The molecule has 0 radical (unpaired) electrons. The SMILES string of the molecule is CCN(C[C@H]1CC[C@H](C)CC1)c1ncnc(NCC2=CCN(Cc3ccccc3)CC2)c1F. The molecule has 0 spiro atoms. The van der Waals surface area contributed by atoms with Crippen LogP contribution in [0.1, 0.15) is 51.5 Å². The van der Waals surface area contributed by atoms with E-state index in [1.54, 1.807) is 0 Å². The minimum atomic E-state index is -0.328. The maximum absolute atomic E-state index is 15.3. The van der Waals surface area contributed by atoms with Gasteiger partial charge in [0.25, 0.3) is 0 Å². The van der Waals surface area contributed by atoms with Gasteiger partial charge >= 0.3 is 0 Å². The van der Waals surface area contributed by atoms with Crippen LogP contribution in [0.5, 0.6) is 0 Å². The molecule has 1 N–H and O–H groups in total. The van der Waals surface area contributed by atoms with Crippen molar-refractivity contribution in [2.75, 3.05) is 42.9 Å². The molecule has 0 amide bonds. The number of benzene rings is 1. The van der Waals surface area contributed by atoms with Crippen molar-refractivity contribution in [1.82, 2.24) is 14.9 Å². The first-order valence-corrected chi connectivity index (χ1v) is 12.6. The quantitative estimate of drug-likeness (QED) is 0.509. The molecule has 2 aromatic rings. The third kappa shape index (κ3) is 6.53. The largest absolute Gasteiger partial charge is 0.364 e. The maximum Gasteiger partial charge on any atom is 0.207 e. The van der Waals surface area contributed by atoms with Gasteiger partial charge in [-0.3, -0.25) is 4.90 Å². The molecule has 0 atom stereocenters. The number of anilines is 2. The van der Waals surface area contributed by atoms with Gasteiger partial charge in [-0.1, -0.05) is 61.7 Å². The van der Waals surface area contributed by atoms with Crippen molar-refractivity contribution in [3.8, 4) is 0 Å². The summed E-state index contributed by atoms with van der Waals surface area (Å²) in [5.74, 6) is 1.86. The second kappa shape index (κ2) is 11.6. The van der Waals surface area contributed by atoms with Crippen LogP contribution in [0.2, 0.25) is 0 Å². The lowest BCUT2D eigenvalue weighted by Gasteiger charge is -2.32. The Bertz CT molecular complexity index is 908. The van der Waals surface area contributed by atoms with Crippen molar-refractivity contribution in [2.24, 2.45) is 11.8 Å². The molecule has 1 aromatic heterocycles. The number of aromatic nitrogens is 2. The van der Waals surface area contributed by atoms with E-state index in [4.69, 9.17) is 0 Å². The monoisotopic (exact) mass is 451 g/mol. The smallest absolute Gasteiger partial charge is 0.207 e. The number of halogens is 1. The summed E-state index contributed by atoms with van der Waals surface area (Å²) in [6, 6.07) is 10.6. The first kappa shape index (κ1) is 23.7. The summed E-state index contributed by atoms with van der Waals surface area (Å²) in [7, 11) is 0. The molecule has 0 unspecified atom stereocenters. The van der Waals surface area contributed by atoms with Crippen molar-refractivity contribution in [3.05, 3.63) is 59.7 Å². The van der Waals surface area contributed by atoms with Gasteiger partial charge in [-0.25, -0.2) is 9.97 Å². The summed E-state index contributed by atoms with van der Waals surface area (Å²) >= 11 is 0. The third-order valence-electron chi connectivity index (χ3n) is 7.19. The van der Waals surface area contributed by atoms with Crippen LogP contribution < -0.4 is 10.2 Å². The minimum absolute atomic E-state index is 0.309. The average Bonchev–Trinajstić information content (AvgIpc) is 2.85. The van der Waals surface area contributed by atoms with Gasteiger partial charge in [-0.2, -0.15) is 4.39 Å². The van der Waals surface area contributed by atoms with Gasteiger partial charge < -0.3 is 10.2 Å². The zero-order valence-corrected chi connectivity index (χ0v) is 20.1. The second-order valence-electron chi connectivity index (χ2n) is 9.71. The van der Waals surface area contributed by atoms with E-state index in [-0.39, 0.29) is 5.82 Å². The summed E-state index contributed by atoms with van der Waals surface area (Å²) in [6.45, 7) is 9.57. The maximum atomic E-state index is 15.3. The molecule has 2 aliphatic rings. The highest BCUT2D eigenvalue weighted by atomic mass is 19.1. The second-order valence-corrected chi connectivity index (χ2v) is 9.71. The lowest BCUT2D eigenvalue weighted by Crippen LogP contribution is -2.33. The molecule has 0 bridgehead atoms. The van der Waals surface area contributed by atoms with Gasteiger partial charge in [0.2, 0.25) is 5.82 Å². The fraction of sp³-hybridized carbons (Fsp3) is 0.556. The van der Waals surface area contributed by atoms with Gasteiger partial charge in [-0.15, -0.1) is 0 Å². The Balaban J connectivity index is 1.32. The molecule has 1 aliphatic heterocycles. The summed E-state index contributed by atoms with van der Waals surface area (Å²) < 4.78 is 15.3. The van der Waals surface area contributed by atoms with Crippen molar-refractivity contribution in [3.63, 3.8) is 0 Å². The molecule has 0 saturated heterocycles. The van der Waals surface area contributed by atoms with E-state index in [1.807, 2.05) is 0 Å². The van der Waals surface area contributed by atoms with Gasteiger partial charge in [0.15, 0.2) is 11.6 Å². The van der Waals surface area contributed by atoms with E-state index in [9.17, 15) is 0 Å². The van der Waals surface area contributed by atoms with Crippen molar-refractivity contribution < 1.29 is 4.39 Å². The van der Waals surface area contributed by atoms with Crippen LogP contribution in [0.15, 0.2) is 48.3 Å². The van der Waals surface area contributed by atoms with Gasteiger partial charge in [0.1, 0.15) is 6.33 Å². The summed E-state index contributed by atoms with van der Waals surface area (Å²) in [5.41, 5.74) is 2.65. The Kier molecular flexibility index (Phi) is 8.32. The average molecular weight is 452 g/mol. The summed E-state index contributed by atoms with van der Waals surface area (Å²) in [4.78, 5) is 13.0. The number of hydrogen-bond acceptors (Lipinski definition) is 5. The van der Waals surface area contributed by atoms with Crippen LogP contribution in [0.25, 0.3) is 0 Å². The lowest BCUT2D eigenvalue weighted by atomic mass is 9.83. The normalized spacial score (nSPS) is 21.5. The minimum Gasteiger partial charge on any atom is -0.364 e. The van der Waals surface area contributed by atoms with Crippen LogP contribution in [0, 0.1) is 17.7 Å². The fourth-order valence-electron chi connectivity index (χ4n) is 4.99. The van der Waals surface area contributed by atoms with Gasteiger partial charge in [-0.05, 0) is 43.6 Å². The molecule has 5 nitrogen and oxygen atoms in total. The summed E-state index contributed by atoms with van der Waals surface area (Å²) in [6.07, 6.45) is 9.75. The van der Waals surface area contributed by atoms with E-state index in [0.717, 1.165) is 45.1 Å².